The number of likely N-dealkylation sites (tertiary alicyclic amines) is 1. The number of hydrogen-bond acceptors (Lipinski definition) is 3. The first-order chi connectivity index (χ1) is 11.8. The summed E-state index contributed by atoms with van der Waals surface area (Å²) in [6, 6.07) is 10.6. The Hall–Kier alpha value is -0.470. The third-order valence-electron chi connectivity index (χ3n) is 4.05. The second kappa shape index (κ2) is 13.7. The number of aliphatic imine (C=N–C) groups is 1. The molecule has 4 nitrogen and oxygen atoms in total. The van der Waals surface area contributed by atoms with E-state index in [9.17, 15) is 0 Å². The van der Waals surface area contributed by atoms with Crippen molar-refractivity contribution in [1.29, 1.82) is 0 Å². The third-order valence-corrected chi connectivity index (χ3v) is 5.15. The van der Waals surface area contributed by atoms with Crippen molar-refractivity contribution in [3.05, 3.63) is 30.3 Å². The summed E-state index contributed by atoms with van der Waals surface area (Å²) in [5.41, 5.74) is 0. The first-order valence-corrected chi connectivity index (χ1v) is 10.1. The Kier molecular flexibility index (Phi) is 12.4. The van der Waals surface area contributed by atoms with Crippen molar-refractivity contribution < 1.29 is 4.74 Å². The molecule has 1 aliphatic rings. The lowest BCUT2D eigenvalue weighted by Gasteiger charge is -2.34. The van der Waals surface area contributed by atoms with E-state index in [1.807, 2.05) is 11.8 Å². The Morgan fingerprint density at radius 3 is 2.60 bits per heavy atom. The van der Waals surface area contributed by atoms with Gasteiger partial charge in [-0.2, -0.15) is 0 Å². The lowest BCUT2D eigenvalue weighted by atomic mass is 10.1. The summed E-state index contributed by atoms with van der Waals surface area (Å²) < 4.78 is 5.74. The molecule has 1 fully saturated rings. The van der Waals surface area contributed by atoms with Crippen LogP contribution in [0.2, 0.25) is 0 Å². The summed E-state index contributed by atoms with van der Waals surface area (Å²) in [4.78, 5) is 8.53. The van der Waals surface area contributed by atoms with Gasteiger partial charge in [-0.25, -0.2) is 0 Å². The van der Waals surface area contributed by atoms with Crippen molar-refractivity contribution in [3.8, 4) is 0 Å². The quantitative estimate of drug-likeness (QED) is 0.200. The van der Waals surface area contributed by atoms with Gasteiger partial charge >= 0.3 is 0 Å². The second-order valence-corrected chi connectivity index (χ2v) is 7.06. The Balaban J connectivity index is 0.00000312. The second-order valence-electron chi connectivity index (χ2n) is 5.89. The van der Waals surface area contributed by atoms with Crippen LogP contribution in [0.1, 0.15) is 33.1 Å². The average molecular weight is 477 g/mol. The minimum Gasteiger partial charge on any atom is -0.378 e. The summed E-state index contributed by atoms with van der Waals surface area (Å²) in [6.07, 6.45) is 3.73. The van der Waals surface area contributed by atoms with Crippen LogP contribution in [0, 0.1) is 0 Å². The number of halogens is 1. The van der Waals surface area contributed by atoms with Crippen molar-refractivity contribution in [2.75, 3.05) is 38.5 Å². The maximum atomic E-state index is 5.74. The van der Waals surface area contributed by atoms with E-state index in [2.05, 4.69) is 54.4 Å². The summed E-state index contributed by atoms with van der Waals surface area (Å²) in [5, 5.41) is 3.44. The fourth-order valence-corrected chi connectivity index (χ4v) is 3.71. The van der Waals surface area contributed by atoms with Crippen LogP contribution in [0.5, 0.6) is 0 Å². The number of benzene rings is 1. The van der Waals surface area contributed by atoms with Gasteiger partial charge in [0.1, 0.15) is 0 Å². The molecule has 0 radical (unpaired) electrons. The monoisotopic (exact) mass is 477 g/mol. The molecule has 0 aliphatic carbocycles. The van der Waals surface area contributed by atoms with Crippen molar-refractivity contribution in [1.82, 2.24) is 10.2 Å². The predicted octanol–water partition coefficient (Wildman–Crippen LogP) is 4.25. The molecule has 142 valence electrons. The highest BCUT2D eigenvalue weighted by Gasteiger charge is 2.21. The number of ether oxygens (including phenoxy) is 1. The number of guanidine groups is 1. The van der Waals surface area contributed by atoms with E-state index in [1.165, 1.54) is 4.90 Å². The van der Waals surface area contributed by atoms with Crippen LogP contribution in [0.15, 0.2) is 40.2 Å². The average Bonchev–Trinajstić information content (AvgIpc) is 2.62. The highest BCUT2D eigenvalue weighted by Crippen LogP contribution is 2.18. The SMILES string of the molecule is CCNC(=NCCCSc1ccccc1)N1CCC(OCC)CC1.I. The van der Waals surface area contributed by atoms with Gasteiger partial charge in [0, 0.05) is 37.7 Å². The molecule has 1 aliphatic heterocycles. The Morgan fingerprint density at radius 1 is 1.24 bits per heavy atom. The van der Waals surface area contributed by atoms with Crippen LogP contribution in [0.25, 0.3) is 0 Å². The first-order valence-electron chi connectivity index (χ1n) is 9.16. The van der Waals surface area contributed by atoms with Gasteiger partial charge in [0.15, 0.2) is 5.96 Å². The molecule has 0 saturated carbocycles. The summed E-state index contributed by atoms with van der Waals surface area (Å²) in [6.45, 7) is 8.90. The molecular weight excluding hydrogens is 445 g/mol. The highest BCUT2D eigenvalue weighted by atomic mass is 127. The number of piperidine rings is 1. The number of nitrogens with zero attached hydrogens (tertiary/aromatic N) is 2. The van der Waals surface area contributed by atoms with Gasteiger partial charge < -0.3 is 15.0 Å². The Morgan fingerprint density at radius 2 is 1.96 bits per heavy atom. The van der Waals surface area contributed by atoms with Gasteiger partial charge in [0.05, 0.1) is 6.10 Å². The van der Waals surface area contributed by atoms with Crippen LogP contribution in [-0.4, -0.2) is 55.5 Å². The fourth-order valence-electron chi connectivity index (χ4n) is 2.85. The molecule has 0 spiro atoms. The number of nitrogens with one attached hydrogen (secondary N) is 1. The molecule has 25 heavy (non-hydrogen) atoms. The zero-order valence-electron chi connectivity index (χ0n) is 15.4. The Bertz CT molecular complexity index is 479. The van der Waals surface area contributed by atoms with Gasteiger partial charge in [0.25, 0.3) is 0 Å². The molecule has 6 heteroatoms. The van der Waals surface area contributed by atoms with Crippen LogP contribution in [0.3, 0.4) is 0 Å². The molecule has 0 bridgehead atoms. The third kappa shape index (κ3) is 8.64. The van der Waals surface area contributed by atoms with Crippen LogP contribution >= 0.6 is 35.7 Å². The molecule has 0 atom stereocenters. The summed E-state index contributed by atoms with van der Waals surface area (Å²) >= 11 is 1.91. The minimum atomic E-state index is 0. The summed E-state index contributed by atoms with van der Waals surface area (Å²) in [5.74, 6) is 2.18. The topological polar surface area (TPSA) is 36.9 Å². The lowest BCUT2D eigenvalue weighted by Crippen LogP contribution is -2.47. The molecule has 1 aromatic carbocycles. The number of hydrogen-bond donors (Lipinski definition) is 1. The van der Waals surface area contributed by atoms with Crippen molar-refractivity contribution >= 4 is 41.7 Å². The van der Waals surface area contributed by atoms with Crippen LogP contribution in [-0.2, 0) is 4.74 Å². The number of rotatable bonds is 8. The van der Waals surface area contributed by atoms with Crippen molar-refractivity contribution in [2.45, 2.75) is 44.1 Å². The molecule has 0 unspecified atom stereocenters. The Labute approximate surface area is 174 Å². The molecule has 0 aromatic heterocycles. The lowest BCUT2D eigenvalue weighted by molar-refractivity contribution is 0.0264. The van der Waals surface area contributed by atoms with Crippen LogP contribution in [0.4, 0.5) is 0 Å². The maximum Gasteiger partial charge on any atom is 0.193 e. The molecule has 0 amide bonds. The summed E-state index contributed by atoms with van der Waals surface area (Å²) in [7, 11) is 0. The van der Waals surface area contributed by atoms with Crippen molar-refractivity contribution in [3.63, 3.8) is 0 Å². The van der Waals surface area contributed by atoms with E-state index in [4.69, 9.17) is 9.73 Å². The highest BCUT2D eigenvalue weighted by molar-refractivity contribution is 14.0. The van der Waals surface area contributed by atoms with Gasteiger partial charge in [0.2, 0.25) is 0 Å². The number of thioether (sulfide) groups is 1. The van der Waals surface area contributed by atoms with Gasteiger partial charge in [-0.1, -0.05) is 18.2 Å². The van der Waals surface area contributed by atoms with E-state index in [-0.39, 0.29) is 24.0 Å². The zero-order chi connectivity index (χ0) is 17.0. The largest absolute Gasteiger partial charge is 0.378 e. The normalized spacial score (nSPS) is 15.8. The van der Waals surface area contributed by atoms with E-state index < -0.39 is 0 Å². The predicted molar refractivity (Wildman–Crippen MR) is 119 cm³/mol. The van der Waals surface area contributed by atoms with E-state index in [1.54, 1.807) is 0 Å². The molecule has 1 heterocycles. The van der Waals surface area contributed by atoms with Crippen molar-refractivity contribution in [2.24, 2.45) is 4.99 Å². The fraction of sp³-hybridized carbons (Fsp3) is 0.632. The van der Waals surface area contributed by atoms with Gasteiger partial charge in [-0.3, -0.25) is 4.99 Å². The molecule has 1 aromatic rings. The van der Waals surface area contributed by atoms with Crippen LogP contribution < -0.4 is 5.32 Å². The molecule has 2 rings (SSSR count). The van der Waals surface area contributed by atoms with Gasteiger partial charge in [-0.15, -0.1) is 35.7 Å². The zero-order valence-corrected chi connectivity index (χ0v) is 18.6. The first kappa shape index (κ1) is 22.6. The standard InChI is InChI=1S/C19H31N3OS.HI/c1-3-20-19(22-14-11-17(12-15-22)23-4-2)21-13-8-16-24-18-9-6-5-7-10-18;/h5-7,9-10,17H,3-4,8,11-16H2,1-2H3,(H,20,21);1H. The van der Waals surface area contributed by atoms with E-state index in [0.717, 1.165) is 63.8 Å². The maximum absolute atomic E-state index is 5.74. The van der Waals surface area contributed by atoms with Gasteiger partial charge in [-0.05, 0) is 51.0 Å². The van der Waals surface area contributed by atoms with E-state index in [0.29, 0.717) is 6.10 Å². The van der Waals surface area contributed by atoms with E-state index >= 15 is 0 Å². The molecule has 1 N–H and O–H groups in total. The smallest absolute Gasteiger partial charge is 0.193 e. The molecule has 1 saturated heterocycles. The molecular formula is C19H32IN3OS. The minimum absolute atomic E-state index is 0.